The minimum absolute atomic E-state index is 0.0953. The maximum absolute atomic E-state index is 11.9. The lowest BCUT2D eigenvalue weighted by Gasteiger charge is -2.03. The van der Waals surface area contributed by atoms with Crippen molar-refractivity contribution >= 4 is 59.9 Å². The van der Waals surface area contributed by atoms with Gasteiger partial charge in [0.05, 0.1) is 10.7 Å². The van der Waals surface area contributed by atoms with Crippen molar-refractivity contribution in [2.45, 2.75) is 0 Å². The lowest BCUT2D eigenvalue weighted by Crippen LogP contribution is -2.17. The van der Waals surface area contributed by atoms with Crippen molar-refractivity contribution in [3.63, 3.8) is 0 Å². The number of carbonyl (C=O) groups is 1. The maximum Gasteiger partial charge on any atom is 0.271 e. The van der Waals surface area contributed by atoms with Crippen LogP contribution in [-0.4, -0.2) is 17.2 Å². The number of hydrazone groups is 1. The van der Waals surface area contributed by atoms with E-state index in [1.165, 1.54) is 12.3 Å². The molecule has 0 saturated carbocycles. The molecule has 0 spiro atoms. The van der Waals surface area contributed by atoms with Crippen LogP contribution in [-0.2, 0) is 0 Å². The zero-order valence-corrected chi connectivity index (χ0v) is 15.2. The van der Waals surface area contributed by atoms with Gasteiger partial charge in [0.15, 0.2) is 0 Å². The second kappa shape index (κ2) is 7.20. The highest BCUT2D eigenvalue weighted by molar-refractivity contribution is 9.11. The molecule has 21 heavy (non-hydrogen) atoms. The van der Waals surface area contributed by atoms with Crippen LogP contribution >= 0.6 is 47.8 Å². The third-order valence-corrected chi connectivity index (χ3v) is 4.34. The Kier molecular flexibility index (Phi) is 5.55. The van der Waals surface area contributed by atoms with Crippen molar-refractivity contribution < 1.29 is 9.90 Å². The third-order valence-electron chi connectivity index (χ3n) is 2.52. The molecule has 2 N–H and O–H groups in total. The molecule has 0 atom stereocenters. The molecule has 2 rings (SSSR count). The average molecular weight is 477 g/mol. The van der Waals surface area contributed by atoms with Gasteiger partial charge in [-0.05, 0) is 46.3 Å². The average Bonchev–Trinajstić information content (AvgIpc) is 2.44. The largest absolute Gasteiger partial charge is 0.507 e. The van der Waals surface area contributed by atoms with E-state index < -0.39 is 0 Å². The number of phenols is 1. The van der Waals surface area contributed by atoms with Gasteiger partial charge in [-0.2, -0.15) is 5.10 Å². The molecule has 0 aliphatic carbocycles. The Labute approximate surface area is 146 Å². The van der Waals surface area contributed by atoms with Crippen molar-refractivity contribution in [2.24, 2.45) is 5.10 Å². The second-order valence-electron chi connectivity index (χ2n) is 4.03. The van der Waals surface area contributed by atoms with Gasteiger partial charge in [-0.1, -0.05) is 37.9 Å². The number of hydrogen-bond acceptors (Lipinski definition) is 3. The first-order valence-electron chi connectivity index (χ1n) is 5.74. The molecular weight excluding hydrogens is 468 g/mol. The van der Waals surface area contributed by atoms with Crippen molar-refractivity contribution in [1.29, 1.82) is 0 Å². The van der Waals surface area contributed by atoms with Gasteiger partial charge in [0.25, 0.3) is 5.91 Å². The number of aromatic hydroxyl groups is 1. The van der Waals surface area contributed by atoms with Crippen LogP contribution in [0.4, 0.5) is 0 Å². The molecule has 4 nitrogen and oxygen atoms in total. The highest BCUT2D eigenvalue weighted by Gasteiger charge is 2.06. The van der Waals surface area contributed by atoms with Crippen molar-refractivity contribution in [3.8, 4) is 5.75 Å². The van der Waals surface area contributed by atoms with Gasteiger partial charge in [0.1, 0.15) is 5.75 Å². The zero-order valence-electron chi connectivity index (χ0n) is 10.5. The Morgan fingerprint density at radius 3 is 2.62 bits per heavy atom. The van der Waals surface area contributed by atoms with E-state index in [9.17, 15) is 9.90 Å². The third kappa shape index (κ3) is 4.39. The highest BCUT2D eigenvalue weighted by atomic mass is 79.9. The van der Waals surface area contributed by atoms with Crippen molar-refractivity contribution in [1.82, 2.24) is 5.43 Å². The number of phenolic OH excluding ortho intramolecular Hbond substituents is 1. The fourth-order valence-corrected chi connectivity index (χ4v) is 3.00. The number of carbonyl (C=O) groups excluding carboxylic acids is 1. The van der Waals surface area contributed by atoms with E-state index in [0.29, 0.717) is 15.6 Å². The number of hydrogen-bond donors (Lipinski definition) is 2. The zero-order chi connectivity index (χ0) is 15.4. The van der Waals surface area contributed by atoms with E-state index in [2.05, 4.69) is 58.3 Å². The Bertz CT molecular complexity index is 717. The Morgan fingerprint density at radius 1 is 1.14 bits per heavy atom. The molecular formula is C14H9Br3N2O2. The van der Waals surface area contributed by atoms with Crippen LogP contribution in [0.3, 0.4) is 0 Å². The van der Waals surface area contributed by atoms with Gasteiger partial charge in [-0.25, -0.2) is 5.43 Å². The van der Waals surface area contributed by atoms with E-state index >= 15 is 0 Å². The number of halogens is 3. The molecule has 0 aromatic heterocycles. The molecule has 0 unspecified atom stereocenters. The fraction of sp³-hybridized carbons (Fsp3) is 0. The smallest absolute Gasteiger partial charge is 0.271 e. The Morgan fingerprint density at radius 2 is 1.90 bits per heavy atom. The Hall–Kier alpha value is -1.18. The topological polar surface area (TPSA) is 61.7 Å². The molecule has 0 aliphatic rings. The van der Waals surface area contributed by atoms with Crippen LogP contribution in [0.15, 0.2) is 54.9 Å². The van der Waals surface area contributed by atoms with Gasteiger partial charge in [0, 0.05) is 20.1 Å². The van der Waals surface area contributed by atoms with Crippen LogP contribution in [0.5, 0.6) is 5.75 Å². The predicted molar refractivity (Wildman–Crippen MR) is 92.7 cm³/mol. The summed E-state index contributed by atoms with van der Waals surface area (Å²) in [5.74, 6) is -0.219. The summed E-state index contributed by atoms with van der Waals surface area (Å²) in [6.45, 7) is 0. The molecule has 1 amide bonds. The van der Waals surface area contributed by atoms with E-state index in [0.717, 1.165) is 8.95 Å². The van der Waals surface area contributed by atoms with Crippen LogP contribution in [0.2, 0.25) is 0 Å². The summed E-state index contributed by atoms with van der Waals surface area (Å²) in [4.78, 5) is 11.9. The van der Waals surface area contributed by atoms with E-state index in [-0.39, 0.29) is 11.7 Å². The second-order valence-corrected chi connectivity index (χ2v) is 6.66. The molecule has 108 valence electrons. The minimum Gasteiger partial charge on any atom is -0.507 e. The van der Waals surface area contributed by atoms with Crippen LogP contribution in [0.25, 0.3) is 0 Å². The predicted octanol–water partition coefficient (Wildman–Crippen LogP) is 4.44. The normalized spacial score (nSPS) is 10.8. The first-order valence-corrected chi connectivity index (χ1v) is 8.12. The van der Waals surface area contributed by atoms with E-state index in [1.807, 2.05) is 6.07 Å². The molecule has 0 radical (unpaired) electrons. The molecule has 0 heterocycles. The first kappa shape index (κ1) is 16.2. The summed E-state index contributed by atoms with van der Waals surface area (Å²) in [6.07, 6.45) is 1.45. The van der Waals surface area contributed by atoms with Gasteiger partial charge >= 0.3 is 0 Å². The molecule has 2 aromatic carbocycles. The van der Waals surface area contributed by atoms with Gasteiger partial charge in [-0.15, -0.1) is 0 Å². The first-order chi connectivity index (χ1) is 9.97. The lowest BCUT2D eigenvalue weighted by atomic mass is 10.2. The monoisotopic (exact) mass is 474 g/mol. The van der Waals surface area contributed by atoms with Crippen LogP contribution in [0.1, 0.15) is 15.9 Å². The molecule has 0 fully saturated rings. The summed E-state index contributed by atoms with van der Waals surface area (Å²) >= 11 is 9.86. The maximum atomic E-state index is 11.9. The van der Waals surface area contributed by atoms with Gasteiger partial charge in [-0.3, -0.25) is 4.79 Å². The highest BCUT2D eigenvalue weighted by Crippen LogP contribution is 2.29. The number of rotatable bonds is 3. The summed E-state index contributed by atoms with van der Waals surface area (Å²) in [6, 6.07) is 10.2. The van der Waals surface area contributed by atoms with Gasteiger partial charge < -0.3 is 5.11 Å². The summed E-state index contributed by atoms with van der Waals surface area (Å²) < 4.78 is 2.14. The quantitative estimate of drug-likeness (QED) is 0.508. The molecule has 7 heteroatoms. The van der Waals surface area contributed by atoms with Gasteiger partial charge in [0.2, 0.25) is 0 Å². The number of nitrogens with zero attached hydrogens (tertiary/aromatic N) is 1. The van der Waals surface area contributed by atoms with Crippen molar-refractivity contribution in [3.05, 3.63) is 60.9 Å². The number of benzene rings is 2. The Balaban J connectivity index is 2.09. The molecule has 0 saturated heterocycles. The van der Waals surface area contributed by atoms with Crippen LogP contribution < -0.4 is 5.43 Å². The summed E-state index contributed by atoms with van der Waals surface area (Å²) in [7, 11) is 0. The lowest BCUT2D eigenvalue weighted by molar-refractivity contribution is 0.0955. The molecule has 2 aromatic rings. The fourth-order valence-electron chi connectivity index (χ4n) is 1.51. The molecule has 0 bridgehead atoms. The number of nitrogens with one attached hydrogen (secondary N) is 1. The van der Waals surface area contributed by atoms with Crippen molar-refractivity contribution in [2.75, 3.05) is 0 Å². The van der Waals surface area contributed by atoms with E-state index in [4.69, 9.17) is 0 Å². The number of amides is 1. The van der Waals surface area contributed by atoms with Crippen LogP contribution in [0, 0.1) is 0 Å². The summed E-state index contributed by atoms with van der Waals surface area (Å²) in [5, 5.41) is 13.5. The minimum atomic E-state index is -0.315. The summed E-state index contributed by atoms with van der Waals surface area (Å²) in [5.41, 5.74) is 3.57. The standard InChI is InChI=1S/C14H9Br3N2O2/c15-10-3-1-2-8(4-10)14(21)19-18-7-9-5-13(20)12(17)6-11(9)16/h1-7,20H,(H,19,21). The SMILES string of the molecule is O=C(NN=Cc1cc(O)c(Br)cc1Br)c1cccc(Br)c1. The van der Waals surface area contributed by atoms with E-state index in [1.54, 1.807) is 24.3 Å². The molecule has 0 aliphatic heterocycles.